The van der Waals surface area contributed by atoms with Crippen LogP contribution in [0.25, 0.3) is 0 Å². The first kappa shape index (κ1) is 38.4. The molecule has 0 radical (unpaired) electrons. The van der Waals surface area contributed by atoms with Crippen LogP contribution < -0.4 is 11.0 Å². The maximum absolute atomic E-state index is 14.1. The van der Waals surface area contributed by atoms with E-state index in [4.69, 9.17) is 9.47 Å². The molecule has 1 aromatic heterocycles. The molecule has 4 N–H and O–H groups in total. The quantitative estimate of drug-likeness (QED) is 0.127. The number of hydrogen-bond donors (Lipinski definition) is 4. The van der Waals surface area contributed by atoms with Crippen LogP contribution >= 0.6 is 0 Å². The fourth-order valence-corrected chi connectivity index (χ4v) is 3.80. The largest absolute Gasteiger partial charge is 0.466 e. The van der Waals surface area contributed by atoms with Crippen molar-refractivity contribution in [2.75, 3.05) is 31.7 Å². The Labute approximate surface area is 253 Å². The number of nitrogens with zero attached hydrogens (tertiary/aromatic N) is 2. The molecular formula is C27H42FN3O13. The topological polar surface area (TPSA) is 222 Å². The Bertz CT molecular complexity index is 1140. The Morgan fingerprint density at radius 1 is 0.977 bits per heavy atom. The smallest absolute Gasteiger partial charge is 0.412 e. The third-order valence-corrected chi connectivity index (χ3v) is 6.00. The van der Waals surface area contributed by atoms with Gasteiger partial charge in [0.15, 0.2) is 23.5 Å². The van der Waals surface area contributed by atoms with Crippen molar-refractivity contribution in [3.8, 4) is 0 Å². The highest BCUT2D eigenvalue weighted by Crippen LogP contribution is 2.28. The van der Waals surface area contributed by atoms with Crippen molar-refractivity contribution in [1.82, 2.24) is 9.55 Å². The summed E-state index contributed by atoms with van der Waals surface area (Å²) < 4.78 is 38.9. The number of halogens is 1. The van der Waals surface area contributed by atoms with E-state index in [1.165, 1.54) is 6.92 Å². The summed E-state index contributed by atoms with van der Waals surface area (Å²) in [7, 11) is 0. The van der Waals surface area contributed by atoms with Crippen molar-refractivity contribution in [3.63, 3.8) is 0 Å². The first-order valence-corrected chi connectivity index (χ1v) is 14.2. The van der Waals surface area contributed by atoms with Crippen LogP contribution in [0, 0.1) is 5.82 Å². The summed E-state index contributed by atoms with van der Waals surface area (Å²) in [6.45, 7) is 8.65. The van der Waals surface area contributed by atoms with Crippen molar-refractivity contribution < 1.29 is 62.6 Å². The Kier molecular flexibility index (Phi) is 16.5. The van der Waals surface area contributed by atoms with Gasteiger partial charge in [0.2, 0.25) is 0 Å². The number of aliphatic hydroxyl groups is 3. The fraction of sp³-hybridized carbons (Fsp3) is 0.704. The van der Waals surface area contributed by atoms with E-state index in [2.05, 4.69) is 24.5 Å². The molecule has 1 aliphatic heterocycles. The zero-order chi connectivity index (χ0) is 33.4. The second kappa shape index (κ2) is 18.9. The molecule has 1 aromatic rings. The van der Waals surface area contributed by atoms with Gasteiger partial charge in [0, 0.05) is 0 Å². The van der Waals surface area contributed by atoms with Gasteiger partial charge in [0.05, 0.1) is 51.6 Å². The van der Waals surface area contributed by atoms with E-state index >= 15 is 0 Å². The molecule has 1 fully saturated rings. The molecule has 250 valence electrons. The number of carbonyl (C=O) groups is 4. The SMILES string of the molecule is CCCCCOC(=O)Nc1nc(=O)n([C@@H]2O[C@H](C)[C@@H](O)[C@H]2O)cc1F.CCOC(=O)CC(O)(CC(=O)OCC)C(=O)OCC. The summed E-state index contributed by atoms with van der Waals surface area (Å²) in [5, 5.41) is 31.7. The Balaban J connectivity index is 0.000000459. The monoisotopic (exact) mass is 635 g/mol. The molecule has 0 saturated carbocycles. The first-order chi connectivity index (χ1) is 20.7. The molecule has 0 aliphatic carbocycles. The van der Waals surface area contributed by atoms with Crippen molar-refractivity contribution in [2.24, 2.45) is 0 Å². The van der Waals surface area contributed by atoms with Gasteiger partial charge in [-0.1, -0.05) is 19.8 Å². The number of aliphatic hydroxyl groups excluding tert-OH is 2. The summed E-state index contributed by atoms with van der Waals surface area (Å²) in [5.74, 6) is -4.21. The number of unbranched alkanes of at least 4 members (excludes halogenated alkanes) is 2. The Morgan fingerprint density at radius 3 is 2.02 bits per heavy atom. The minimum absolute atomic E-state index is 0.0206. The van der Waals surface area contributed by atoms with E-state index in [1.54, 1.807) is 20.8 Å². The van der Waals surface area contributed by atoms with E-state index < -0.39 is 84.3 Å². The maximum atomic E-state index is 14.1. The highest BCUT2D eigenvalue weighted by Gasteiger charge is 2.43. The normalized spacial score (nSPS) is 19.3. The standard InChI is InChI=1S/C15H22FN3O6.C12H20O7/c1-3-4-5-6-24-15(23)18-12-9(16)7-19(14(22)17-12)13-11(21)10(20)8(2)25-13;1-4-17-9(13)7-12(16,11(15)19-6-3)8-10(14)18-5-2/h7-8,10-11,13,20-21H,3-6H2,1-2H3,(H,17,18,22,23);16H,4-8H2,1-3H3/t8-,10-,11-,13-;/m1./s1. The first-order valence-electron chi connectivity index (χ1n) is 14.2. The van der Waals surface area contributed by atoms with Gasteiger partial charge in [-0.3, -0.25) is 19.5 Å². The molecule has 1 saturated heterocycles. The molecule has 0 aromatic carbocycles. The van der Waals surface area contributed by atoms with Gasteiger partial charge < -0.3 is 39.0 Å². The number of esters is 3. The Morgan fingerprint density at radius 2 is 1.55 bits per heavy atom. The van der Waals surface area contributed by atoms with E-state index in [-0.39, 0.29) is 26.4 Å². The average molecular weight is 636 g/mol. The van der Waals surface area contributed by atoms with Gasteiger partial charge in [-0.25, -0.2) is 18.8 Å². The number of aromatic nitrogens is 2. The van der Waals surface area contributed by atoms with Gasteiger partial charge >= 0.3 is 29.7 Å². The summed E-state index contributed by atoms with van der Waals surface area (Å²) in [6.07, 6.45) is -3.56. The van der Waals surface area contributed by atoms with Crippen LogP contribution in [0.4, 0.5) is 15.0 Å². The number of rotatable bonds is 14. The van der Waals surface area contributed by atoms with Gasteiger partial charge in [0.25, 0.3) is 0 Å². The van der Waals surface area contributed by atoms with Crippen LogP contribution in [0.1, 0.15) is 73.0 Å². The highest BCUT2D eigenvalue weighted by atomic mass is 19.1. The maximum Gasteiger partial charge on any atom is 0.412 e. The molecule has 1 amide bonds. The van der Waals surface area contributed by atoms with E-state index in [0.717, 1.165) is 23.6 Å². The van der Waals surface area contributed by atoms with Crippen molar-refractivity contribution in [1.29, 1.82) is 0 Å². The average Bonchev–Trinajstić information content (AvgIpc) is 3.20. The summed E-state index contributed by atoms with van der Waals surface area (Å²) >= 11 is 0. The van der Waals surface area contributed by atoms with E-state index in [0.29, 0.717) is 6.42 Å². The van der Waals surface area contributed by atoms with Gasteiger partial charge in [-0.15, -0.1) is 0 Å². The number of hydrogen-bond acceptors (Lipinski definition) is 14. The lowest BCUT2D eigenvalue weighted by molar-refractivity contribution is -0.177. The lowest BCUT2D eigenvalue weighted by atomic mass is 9.95. The Hall–Kier alpha value is -3.67. The predicted octanol–water partition coefficient (Wildman–Crippen LogP) is 0.947. The third-order valence-electron chi connectivity index (χ3n) is 6.00. The fourth-order valence-electron chi connectivity index (χ4n) is 3.80. The van der Waals surface area contributed by atoms with Gasteiger partial charge in [0.1, 0.15) is 12.2 Å². The third kappa shape index (κ3) is 11.8. The van der Waals surface area contributed by atoms with E-state index in [1.807, 2.05) is 6.92 Å². The highest BCUT2D eigenvalue weighted by molar-refractivity contribution is 5.90. The molecule has 0 spiro atoms. The minimum Gasteiger partial charge on any atom is -0.466 e. The summed E-state index contributed by atoms with van der Waals surface area (Å²) in [5.41, 5.74) is -3.21. The molecule has 0 bridgehead atoms. The molecule has 0 unspecified atom stereocenters. The zero-order valence-corrected chi connectivity index (χ0v) is 25.4. The van der Waals surface area contributed by atoms with Gasteiger partial charge in [-0.05, 0) is 34.1 Å². The molecule has 1 aliphatic rings. The number of anilines is 1. The summed E-state index contributed by atoms with van der Waals surface area (Å²) in [4.78, 5) is 61.4. The molecule has 2 rings (SSSR count). The zero-order valence-electron chi connectivity index (χ0n) is 25.4. The number of amides is 1. The molecule has 2 heterocycles. The van der Waals surface area contributed by atoms with Crippen molar-refractivity contribution in [3.05, 3.63) is 22.5 Å². The van der Waals surface area contributed by atoms with Crippen LogP contribution in [-0.4, -0.2) is 99.2 Å². The minimum atomic E-state index is -2.26. The lowest BCUT2D eigenvalue weighted by Crippen LogP contribution is -2.44. The molecule has 17 heteroatoms. The van der Waals surface area contributed by atoms with Crippen LogP contribution in [0.2, 0.25) is 0 Å². The lowest BCUT2D eigenvalue weighted by Gasteiger charge is -2.23. The van der Waals surface area contributed by atoms with Crippen LogP contribution in [0.3, 0.4) is 0 Å². The van der Waals surface area contributed by atoms with Crippen LogP contribution in [-0.2, 0) is 38.1 Å². The number of carbonyl (C=O) groups excluding carboxylic acids is 4. The summed E-state index contributed by atoms with van der Waals surface area (Å²) in [6, 6.07) is 0. The molecule has 4 atom stereocenters. The molecular weight excluding hydrogens is 593 g/mol. The number of ether oxygens (including phenoxy) is 5. The van der Waals surface area contributed by atoms with Crippen LogP contribution in [0.15, 0.2) is 11.0 Å². The van der Waals surface area contributed by atoms with E-state index in [9.17, 15) is 43.7 Å². The predicted molar refractivity (Wildman–Crippen MR) is 149 cm³/mol. The van der Waals surface area contributed by atoms with Crippen molar-refractivity contribution >= 4 is 29.8 Å². The second-order valence-electron chi connectivity index (χ2n) is 9.52. The van der Waals surface area contributed by atoms with Crippen molar-refractivity contribution in [2.45, 2.75) is 96.9 Å². The van der Waals surface area contributed by atoms with Crippen LogP contribution in [0.5, 0.6) is 0 Å². The molecule has 44 heavy (non-hydrogen) atoms. The second-order valence-corrected chi connectivity index (χ2v) is 9.52. The molecule has 16 nitrogen and oxygen atoms in total. The number of nitrogens with one attached hydrogen (secondary N) is 1. The van der Waals surface area contributed by atoms with Gasteiger partial charge in [-0.2, -0.15) is 4.98 Å².